The number of ketones is 1. The van der Waals surface area contributed by atoms with Crippen molar-refractivity contribution in [1.29, 1.82) is 0 Å². The Morgan fingerprint density at radius 3 is 2.69 bits per heavy atom. The van der Waals surface area contributed by atoms with Crippen LogP contribution in [0.4, 0.5) is 4.39 Å². The van der Waals surface area contributed by atoms with E-state index in [1.54, 1.807) is 16.8 Å². The van der Waals surface area contributed by atoms with E-state index < -0.39 is 5.82 Å². The van der Waals surface area contributed by atoms with Crippen molar-refractivity contribution in [2.45, 2.75) is 46.8 Å². The molecule has 166 valence electrons. The van der Waals surface area contributed by atoms with E-state index in [-0.39, 0.29) is 17.8 Å². The highest BCUT2D eigenvalue weighted by molar-refractivity contribution is 5.95. The Morgan fingerprint density at radius 1 is 1.19 bits per heavy atom. The minimum Gasteiger partial charge on any atom is -0.487 e. The zero-order chi connectivity index (χ0) is 23.0. The van der Waals surface area contributed by atoms with Crippen LogP contribution in [0.1, 0.15) is 51.5 Å². The molecule has 1 aromatic heterocycles. The summed E-state index contributed by atoms with van der Waals surface area (Å²) in [4.78, 5) is 24.5. The van der Waals surface area contributed by atoms with Crippen LogP contribution in [-0.2, 0) is 13.0 Å². The molecule has 0 saturated carbocycles. The second kappa shape index (κ2) is 8.57. The number of amides is 1. The number of halogens is 1. The zero-order valence-corrected chi connectivity index (χ0v) is 18.7. The van der Waals surface area contributed by atoms with E-state index >= 15 is 0 Å². The number of aromatic nitrogens is 2. The van der Waals surface area contributed by atoms with Gasteiger partial charge in [-0.1, -0.05) is 6.07 Å². The first-order chi connectivity index (χ1) is 15.3. The number of nitrogens with zero attached hydrogens (tertiary/aromatic N) is 2. The molecule has 1 atom stereocenters. The number of aryl methyl sites for hydroxylation is 3. The Balaban J connectivity index is 1.56. The highest BCUT2D eigenvalue weighted by atomic mass is 19.1. The lowest BCUT2D eigenvalue weighted by atomic mass is 9.95. The third-order valence-corrected chi connectivity index (χ3v) is 5.63. The summed E-state index contributed by atoms with van der Waals surface area (Å²) in [5, 5.41) is 7.24. The molecular formula is C25H26FN3O3. The van der Waals surface area contributed by atoms with Crippen molar-refractivity contribution in [3.8, 4) is 16.9 Å². The van der Waals surface area contributed by atoms with E-state index in [0.29, 0.717) is 47.6 Å². The first-order valence-corrected chi connectivity index (χ1v) is 10.7. The van der Waals surface area contributed by atoms with E-state index in [1.165, 1.54) is 19.1 Å². The second-order valence-electron chi connectivity index (χ2n) is 8.19. The average molecular weight is 435 g/mol. The predicted molar refractivity (Wildman–Crippen MR) is 120 cm³/mol. The minimum atomic E-state index is -0.411. The Bertz CT molecular complexity index is 1220. The van der Waals surface area contributed by atoms with Crippen LogP contribution in [0.3, 0.4) is 0 Å². The summed E-state index contributed by atoms with van der Waals surface area (Å²) in [5.74, 6) is -0.141. The van der Waals surface area contributed by atoms with Gasteiger partial charge in [-0.15, -0.1) is 0 Å². The van der Waals surface area contributed by atoms with Gasteiger partial charge in [-0.3, -0.25) is 14.3 Å². The molecule has 6 nitrogen and oxygen atoms in total. The molecule has 4 rings (SSSR count). The molecule has 1 N–H and O–H groups in total. The highest BCUT2D eigenvalue weighted by Crippen LogP contribution is 2.41. The van der Waals surface area contributed by atoms with Gasteiger partial charge in [0.2, 0.25) is 0 Å². The standard InChI is InChI=1S/C25H26FN3O3/c1-5-29-23(10-15(3)28-29)25(31)27-13-19-11-18-8-14(2)9-21(24(18)32-19)20-12-17(16(4)30)6-7-22(20)26/h6-10,12,19H,5,11,13H2,1-4H3,(H,27,31)/t19-/m1/s1. The van der Waals surface area contributed by atoms with Crippen LogP contribution in [0.5, 0.6) is 5.75 Å². The number of Topliss-reactive ketones (excluding diaryl/α,β-unsaturated/α-hetero) is 1. The molecule has 0 radical (unpaired) electrons. The quantitative estimate of drug-likeness (QED) is 0.587. The molecule has 32 heavy (non-hydrogen) atoms. The molecular weight excluding hydrogens is 409 g/mol. The maximum absolute atomic E-state index is 14.7. The van der Waals surface area contributed by atoms with Gasteiger partial charge in [0.05, 0.1) is 12.2 Å². The van der Waals surface area contributed by atoms with Crippen molar-refractivity contribution in [1.82, 2.24) is 15.1 Å². The monoisotopic (exact) mass is 435 g/mol. The van der Waals surface area contributed by atoms with Gasteiger partial charge in [0.25, 0.3) is 5.91 Å². The van der Waals surface area contributed by atoms with E-state index in [0.717, 1.165) is 16.8 Å². The molecule has 0 spiro atoms. The molecule has 2 heterocycles. The largest absolute Gasteiger partial charge is 0.487 e. The van der Waals surface area contributed by atoms with Crippen LogP contribution < -0.4 is 10.1 Å². The lowest BCUT2D eigenvalue weighted by Crippen LogP contribution is -2.35. The second-order valence-corrected chi connectivity index (χ2v) is 8.19. The van der Waals surface area contributed by atoms with Crippen LogP contribution >= 0.6 is 0 Å². The molecule has 2 aromatic carbocycles. The number of ether oxygens (including phenoxy) is 1. The van der Waals surface area contributed by atoms with Gasteiger partial charge in [0.1, 0.15) is 23.4 Å². The molecule has 1 amide bonds. The lowest BCUT2D eigenvalue weighted by Gasteiger charge is -2.15. The van der Waals surface area contributed by atoms with E-state index in [4.69, 9.17) is 4.74 Å². The van der Waals surface area contributed by atoms with E-state index in [2.05, 4.69) is 10.4 Å². The molecule has 1 aliphatic heterocycles. The summed E-state index contributed by atoms with van der Waals surface area (Å²) in [5.41, 5.74) is 4.64. The number of benzene rings is 2. The Kier molecular flexibility index (Phi) is 5.82. The van der Waals surface area contributed by atoms with Crippen LogP contribution in [0, 0.1) is 19.7 Å². The number of nitrogens with one attached hydrogen (secondary N) is 1. The third kappa shape index (κ3) is 4.15. The van der Waals surface area contributed by atoms with Crippen LogP contribution in [0.15, 0.2) is 36.4 Å². The van der Waals surface area contributed by atoms with Crippen molar-refractivity contribution in [2.24, 2.45) is 0 Å². The molecule has 0 fully saturated rings. The van der Waals surface area contributed by atoms with Crippen LogP contribution in [-0.4, -0.2) is 34.1 Å². The first kappa shape index (κ1) is 21.7. The molecule has 3 aromatic rings. The summed E-state index contributed by atoms with van der Waals surface area (Å²) < 4.78 is 22.5. The third-order valence-electron chi connectivity index (χ3n) is 5.63. The molecule has 7 heteroatoms. The van der Waals surface area contributed by atoms with Crippen molar-refractivity contribution >= 4 is 11.7 Å². The van der Waals surface area contributed by atoms with Gasteiger partial charge in [-0.2, -0.15) is 5.10 Å². The number of hydrogen-bond donors (Lipinski definition) is 1. The average Bonchev–Trinajstić information content (AvgIpc) is 3.34. The van der Waals surface area contributed by atoms with Crippen LogP contribution in [0.25, 0.3) is 11.1 Å². The molecule has 0 saturated heterocycles. The van der Waals surface area contributed by atoms with Crippen molar-refractivity contribution in [3.63, 3.8) is 0 Å². The lowest BCUT2D eigenvalue weighted by molar-refractivity contribution is 0.0922. The van der Waals surface area contributed by atoms with Crippen molar-refractivity contribution < 1.29 is 18.7 Å². The topological polar surface area (TPSA) is 73.2 Å². The number of fused-ring (bicyclic) bond motifs is 1. The number of rotatable bonds is 6. The Labute approximate surface area is 186 Å². The minimum absolute atomic E-state index is 0.126. The summed E-state index contributed by atoms with van der Waals surface area (Å²) in [6, 6.07) is 10.0. The summed E-state index contributed by atoms with van der Waals surface area (Å²) >= 11 is 0. The fraction of sp³-hybridized carbons (Fsp3) is 0.320. The van der Waals surface area contributed by atoms with E-state index in [1.807, 2.05) is 32.9 Å². The fourth-order valence-electron chi connectivity index (χ4n) is 4.12. The smallest absolute Gasteiger partial charge is 0.269 e. The van der Waals surface area contributed by atoms with Gasteiger partial charge in [0, 0.05) is 29.7 Å². The molecule has 0 bridgehead atoms. The van der Waals surface area contributed by atoms with Gasteiger partial charge in [0.15, 0.2) is 5.78 Å². The van der Waals surface area contributed by atoms with Gasteiger partial charge in [-0.05, 0) is 69.2 Å². The summed E-state index contributed by atoms with van der Waals surface area (Å²) in [7, 11) is 0. The molecule has 1 aliphatic rings. The SMILES string of the molecule is CCn1nc(C)cc1C(=O)NC[C@H]1Cc2cc(C)cc(-c3cc(C(C)=O)ccc3F)c2O1. The maximum Gasteiger partial charge on any atom is 0.269 e. The fourth-order valence-corrected chi connectivity index (χ4v) is 4.12. The number of carbonyl (C=O) groups is 2. The maximum atomic E-state index is 14.7. The summed E-state index contributed by atoms with van der Waals surface area (Å²) in [6.45, 7) is 8.11. The first-order valence-electron chi connectivity index (χ1n) is 10.7. The molecule has 0 unspecified atom stereocenters. The predicted octanol–water partition coefficient (Wildman–Crippen LogP) is 4.26. The van der Waals surface area contributed by atoms with Crippen molar-refractivity contribution in [2.75, 3.05) is 6.54 Å². The van der Waals surface area contributed by atoms with Crippen molar-refractivity contribution in [3.05, 3.63) is 70.3 Å². The van der Waals surface area contributed by atoms with Gasteiger partial charge in [-0.25, -0.2) is 4.39 Å². The highest BCUT2D eigenvalue weighted by Gasteiger charge is 2.28. The Hall–Kier alpha value is -3.48. The van der Waals surface area contributed by atoms with Gasteiger partial charge >= 0.3 is 0 Å². The Morgan fingerprint density at radius 2 is 1.97 bits per heavy atom. The van der Waals surface area contributed by atoms with Gasteiger partial charge < -0.3 is 10.1 Å². The normalized spacial score (nSPS) is 14.7. The van der Waals surface area contributed by atoms with E-state index in [9.17, 15) is 14.0 Å². The number of hydrogen-bond acceptors (Lipinski definition) is 4. The van der Waals surface area contributed by atoms with Crippen LogP contribution in [0.2, 0.25) is 0 Å². The zero-order valence-electron chi connectivity index (χ0n) is 18.7. The number of carbonyl (C=O) groups excluding carboxylic acids is 2. The molecule has 0 aliphatic carbocycles. The summed E-state index contributed by atoms with van der Waals surface area (Å²) in [6.07, 6.45) is 0.331.